The Bertz CT molecular complexity index is 370. The van der Waals surface area contributed by atoms with Gasteiger partial charge in [0.15, 0.2) is 0 Å². The molecular weight excluding hydrogens is 264 g/mol. The zero-order valence-electron chi connectivity index (χ0n) is 11.8. The van der Waals surface area contributed by atoms with Crippen molar-refractivity contribution in [2.45, 2.75) is 37.8 Å². The smallest absolute Gasteiger partial charge is 0.329 e. The molecule has 0 aromatic heterocycles. The van der Waals surface area contributed by atoms with Crippen molar-refractivity contribution in [1.82, 2.24) is 10.2 Å². The maximum absolute atomic E-state index is 12.2. The Hall–Kier alpha value is -1.34. The van der Waals surface area contributed by atoms with Crippen LogP contribution >= 0.6 is 0 Å². The minimum atomic E-state index is -1.06. The summed E-state index contributed by atoms with van der Waals surface area (Å²) < 4.78 is 10.7. The average molecular weight is 286 g/mol. The van der Waals surface area contributed by atoms with Crippen LogP contribution in [-0.4, -0.2) is 66.6 Å². The number of amides is 2. The lowest BCUT2D eigenvalue weighted by Gasteiger charge is -2.34. The number of ether oxygens (including phenoxy) is 2. The molecule has 0 radical (unpaired) electrons. The average Bonchev–Trinajstić information content (AvgIpc) is 2.91. The predicted molar refractivity (Wildman–Crippen MR) is 70.6 cm³/mol. The lowest BCUT2D eigenvalue weighted by Crippen LogP contribution is -2.56. The van der Waals surface area contributed by atoms with Gasteiger partial charge in [0.1, 0.15) is 5.54 Å². The highest BCUT2D eigenvalue weighted by atomic mass is 16.6. The number of likely N-dealkylation sites (tertiary alicyclic amines) is 1. The van der Waals surface area contributed by atoms with E-state index < -0.39 is 11.5 Å². The molecule has 2 unspecified atom stereocenters. The van der Waals surface area contributed by atoms with Gasteiger partial charge in [0.05, 0.1) is 25.9 Å². The van der Waals surface area contributed by atoms with Crippen LogP contribution in [0, 0.1) is 0 Å². The third-order valence-corrected chi connectivity index (χ3v) is 4.08. The van der Waals surface area contributed by atoms with Gasteiger partial charge in [0.2, 0.25) is 0 Å². The number of carbonyl (C=O) groups excluding carboxylic acids is 1. The molecule has 2 aliphatic rings. The second-order valence-electron chi connectivity index (χ2n) is 5.20. The number of nitrogens with zero attached hydrogens (tertiary/aromatic N) is 1. The number of hydrogen-bond donors (Lipinski definition) is 2. The highest BCUT2D eigenvalue weighted by molar-refractivity contribution is 5.87. The lowest BCUT2D eigenvalue weighted by atomic mass is 9.93. The Kier molecular flexibility index (Phi) is 4.82. The second-order valence-corrected chi connectivity index (χ2v) is 5.20. The molecule has 2 aliphatic heterocycles. The molecule has 7 nitrogen and oxygen atoms in total. The Morgan fingerprint density at radius 1 is 1.45 bits per heavy atom. The fourth-order valence-electron chi connectivity index (χ4n) is 2.87. The van der Waals surface area contributed by atoms with Gasteiger partial charge < -0.3 is 24.8 Å². The Balaban J connectivity index is 1.92. The van der Waals surface area contributed by atoms with Crippen molar-refractivity contribution >= 4 is 12.0 Å². The molecule has 2 atom stereocenters. The number of aliphatic carboxylic acids is 1. The maximum atomic E-state index is 12.2. The monoisotopic (exact) mass is 286 g/mol. The summed E-state index contributed by atoms with van der Waals surface area (Å²) in [6.07, 6.45) is 1.49. The molecule has 2 heterocycles. The molecule has 0 spiro atoms. The zero-order chi connectivity index (χ0) is 14.6. The molecule has 2 fully saturated rings. The molecule has 2 amide bonds. The summed E-state index contributed by atoms with van der Waals surface area (Å²) in [5, 5.41) is 12.2. The summed E-state index contributed by atoms with van der Waals surface area (Å²) in [5.41, 5.74) is -1.06. The molecule has 2 rings (SSSR count). The van der Waals surface area contributed by atoms with Crippen molar-refractivity contribution in [3.8, 4) is 0 Å². The molecule has 20 heavy (non-hydrogen) atoms. The summed E-state index contributed by atoms with van der Waals surface area (Å²) in [7, 11) is 0. The van der Waals surface area contributed by atoms with Gasteiger partial charge in [-0.25, -0.2) is 9.59 Å². The van der Waals surface area contributed by atoms with E-state index in [1.165, 1.54) is 4.90 Å². The molecule has 0 aliphatic carbocycles. The normalized spacial score (nSPS) is 30.2. The number of carbonyl (C=O) groups is 2. The minimum Gasteiger partial charge on any atom is -0.479 e. The molecule has 0 aromatic carbocycles. The summed E-state index contributed by atoms with van der Waals surface area (Å²) in [5.74, 6) is -0.926. The summed E-state index contributed by atoms with van der Waals surface area (Å²) in [6, 6.07) is -0.332. The van der Waals surface area contributed by atoms with Crippen LogP contribution in [0.5, 0.6) is 0 Å². The molecule has 2 saturated heterocycles. The van der Waals surface area contributed by atoms with E-state index in [9.17, 15) is 14.7 Å². The standard InChI is InChI=1S/C13H22N2O5/c1-2-13(11(16)17)4-3-5-15(13)12(18)14-8-10-9-19-6-7-20-10/h10H,2-9H2,1H3,(H,14,18)(H,16,17). The Labute approximate surface area is 118 Å². The quantitative estimate of drug-likeness (QED) is 0.783. The van der Waals surface area contributed by atoms with Gasteiger partial charge in [0.25, 0.3) is 0 Å². The van der Waals surface area contributed by atoms with E-state index in [0.29, 0.717) is 45.8 Å². The van der Waals surface area contributed by atoms with Gasteiger partial charge in [-0.3, -0.25) is 0 Å². The third kappa shape index (κ3) is 2.88. The molecule has 0 bridgehead atoms. The van der Waals surface area contributed by atoms with Crippen LogP contribution in [0.2, 0.25) is 0 Å². The van der Waals surface area contributed by atoms with Gasteiger partial charge in [-0.2, -0.15) is 0 Å². The van der Waals surface area contributed by atoms with Crippen LogP contribution < -0.4 is 5.32 Å². The van der Waals surface area contributed by atoms with Crippen LogP contribution in [-0.2, 0) is 14.3 Å². The topological polar surface area (TPSA) is 88.1 Å². The fraction of sp³-hybridized carbons (Fsp3) is 0.846. The van der Waals surface area contributed by atoms with Crippen LogP contribution in [0.25, 0.3) is 0 Å². The first-order valence-corrected chi connectivity index (χ1v) is 7.08. The predicted octanol–water partition coefficient (Wildman–Crippen LogP) is 0.441. The van der Waals surface area contributed by atoms with E-state index in [0.717, 1.165) is 6.42 Å². The first kappa shape index (κ1) is 15.1. The SMILES string of the molecule is CCC1(C(=O)O)CCCN1C(=O)NCC1COCCO1. The molecule has 7 heteroatoms. The number of carboxylic acids is 1. The van der Waals surface area contributed by atoms with Crippen LogP contribution in [0.3, 0.4) is 0 Å². The van der Waals surface area contributed by atoms with Gasteiger partial charge in [-0.15, -0.1) is 0 Å². The van der Waals surface area contributed by atoms with E-state index in [2.05, 4.69) is 5.32 Å². The Morgan fingerprint density at radius 2 is 2.25 bits per heavy atom. The van der Waals surface area contributed by atoms with E-state index in [1.54, 1.807) is 6.92 Å². The van der Waals surface area contributed by atoms with Crippen LogP contribution in [0.15, 0.2) is 0 Å². The van der Waals surface area contributed by atoms with E-state index in [1.807, 2.05) is 0 Å². The van der Waals surface area contributed by atoms with E-state index >= 15 is 0 Å². The van der Waals surface area contributed by atoms with Crippen molar-refractivity contribution in [2.24, 2.45) is 0 Å². The van der Waals surface area contributed by atoms with Crippen molar-refractivity contribution < 1.29 is 24.2 Å². The highest BCUT2D eigenvalue weighted by Crippen LogP contribution is 2.32. The van der Waals surface area contributed by atoms with Gasteiger partial charge >= 0.3 is 12.0 Å². The van der Waals surface area contributed by atoms with Gasteiger partial charge in [-0.05, 0) is 19.3 Å². The number of nitrogens with one attached hydrogen (secondary N) is 1. The summed E-state index contributed by atoms with van der Waals surface area (Å²) in [4.78, 5) is 25.2. The van der Waals surface area contributed by atoms with Crippen LogP contribution in [0.1, 0.15) is 26.2 Å². The lowest BCUT2D eigenvalue weighted by molar-refractivity contribution is -0.148. The van der Waals surface area contributed by atoms with Gasteiger partial charge in [0, 0.05) is 13.1 Å². The number of carboxylic acid groups (broad SMARTS) is 1. The largest absolute Gasteiger partial charge is 0.479 e. The van der Waals surface area contributed by atoms with E-state index in [-0.39, 0.29) is 12.1 Å². The third-order valence-electron chi connectivity index (χ3n) is 4.08. The van der Waals surface area contributed by atoms with E-state index in [4.69, 9.17) is 9.47 Å². The fourth-order valence-corrected chi connectivity index (χ4v) is 2.87. The minimum absolute atomic E-state index is 0.156. The first-order valence-electron chi connectivity index (χ1n) is 7.08. The summed E-state index contributed by atoms with van der Waals surface area (Å²) >= 11 is 0. The van der Waals surface area contributed by atoms with Gasteiger partial charge in [-0.1, -0.05) is 6.92 Å². The van der Waals surface area contributed by atoms with Crippen molar-refractivity contribution in [3.05, 3.63) is 0 Å². The molecule has 114 valence electrons. The van der Waals surface area contributed by atoms with Crippen molar-refractivity contribution in [1.29, 1.82) is 0 Å². The van der Waals surface area contributed by atoms with Crippen molar-refractivity contribution in [2.75, 3.05) is 32.9 Å². The molecule has 0 aromatic rings. The Morgan fingerprint density at radius 3 is 2.85 bits per heavy atom. The molecule has 0 saturated carbocycles. The van der Waals surface area contributed by atoms with Crippen LogP contribution in [0.4, 0.5) is 4.79 Å². The molecule has 2 N–H and O–H groups in total. The van der Waals surface area contributed by atoms with Crippen molar-refractivity contribution in [3.63, 3.8) is 0 Å². The first-order chi connectivity index (χ1) is 9.60. The molecular formula is C13H22N2O5. The maximum Gasteiger partial charge on any atom is 0.329 e. The highest BCUT2D eigenvalue weighted by Gasteiger charge is 2.48. The second kappa shape index (κ2) is 6.41. The number of rotatable bonds is 4. The number of urea groups is 1. The number of hydrogen-bond acceptors (Lipinski definition) is 4. The zero-order valence-corrected chi connectivity index (χ0v) is 11.8. The summed E-state index contributed by atoms with van der Waals surface area (Å²) in [6.45, 7) is 4.19.